The Morgan fingerprint density at radius 2 is 2.19 bits per heavy atom. The van der Waals surface area contributed by atoms with Gasteiger partial charge >= 0.3 is 0 Å². The second-order valence-corrected chi connectivity index (χ2v) is 4.88. The Morgan fingerprint density at radius 1 is 1.44 bits per heavy atom. The molecule has 0 heterocycles. The van der Waals surface area contributed by atoms with Crippen LogP contribution in [0.3, 0.4) is 0 Å². The maximum Gasteiger partial charge on any atom is 0.224 e. The number of alkyl halides is 1. The fraction of sp³-hybridized carbons (Fsp3) is 0.417. The summed E-state index contributed by atoms with van der Waals surface area (Å²) in [5.41, 5.74) is 1.78. The standard InChI is InChI=1S/C12H15BrClNO/c1-9-5-6-10(14)11(8-9)15-12(16)4-2-3-7-13/h5-6,8H,2-4,7H2,1H3,(H,15,16). The summed E-state index contributed by atoms with van der Waals surface area (Å²) in [6, 6.07) is 5.60. The normalized spacial score (nSPS) is 10.2. The second-order valence-electron chi connectivity index (χ2n) is 3.68. The Kier molecular flexibility index (Phi) is 5.85. The van der Waals surface area contributed by atoms with Gasteiger partial charge in [-0.3, -0.25) is 4.79 Å². The molecule has 0 saturated heterocycles. The summed E-state index contributed by atoms with van der Waals surface area (Å²) in [5.74, 6) is 0.0217. The first-order chi connectivity index (χ1) is 7.63. The topological polar surface area (TPSA) is 29.1 Å². The van der Waals surface area contributed by atoms with Crippen LogP contribution in [-0.2, 0) is 4.79 Å². The predicted octanol–water partition coefficient (Wildman–Crippen LogP) is 4.15. The average molecular weight is 305 g/mol. The van der Waals surface area contributed by atoms with Crippen molar-refractivity contribution in [3.8, 4) is 0 Å². The molecule has 1 aromatic rings. The number of unbranched alkanes of at least 4 members (excludes halogenated alkanes) is 1. The highest BCUT2D eigenvalue weighted by Gasteiger charge is 2.05. The van der Waals surface area contributed by atoms with Crippen LogP contribution in [0.4, 0.5) is 5.69 Å². The fourth-order valence-corrected chi connectivity index (χ4v) is 1.89. The maximum absolute atomic E-state index is 11.6. The van der Waals surface area contributed by atoms with Crippen molar-refractivity contribution in [1.82, 2.24) is 0 Å². The van der Waals surface area contributed by atoms with Crippen LogP contribution in [0.25, 0.3) is 0 Å². The number of aryl methyl sites for hydroxylation is 1. The monoisotopic (exact) mass is 303 g/mol. The molecule has 0 saturated carbocycles. The molecule has 0 bridgehead atoms. The summed E-state index contributed by atoms with van der Waals surface area (Å²) >= 11 is 9.31. The molecule has 1 aromatic carbocycles. The van der Waals surface area contributed by atoms with Gasteiger partial charge in [0.1, 0.15) is 0 Å². The van der Waals surface area contributed by atoms with E-state index < -0.39 is 0 Å². The van der Waals surface area contributed by atoms with Crippen LogP contribution in [0.5, 0.6) is 0 Å². The zero-order valence-corrected chi connectivity index (χ0v) is 11.6. The number of nitrogens with one attached hydrogen (secondary N) is 1. The van der Waals surface area contributed by atoms with Crippen molar-refractivity contribution in [1.29, 1.82) is 0 Å². The van der Waals surface area contributed by atoms with Crippen LogP contribution < -0.4 is 5.32 Å². The molecule has 4 heteroatoms. The molecular formula is C12H15BrClNO. The Labute approximate surface area is 110 Å². The highest BCUT2D eigenvalue weighted by atomic mass is 79.9. The SMILES string of the molecule is Cc1ccc(Cl)c(NC(=O)CCCCBr)c1. The molecule has 0 aromatic heterocycles. The summed E-state index contributed by atoms with van der Waals surface area (Å²) in [6.45, 7) is 1.97. The maximum atomic E-state index is 11.6. The Balaban J connectivity index is 2.52. The van der Waals surface area contributed by atoms with Gasteiger partial charge in [0.25, 0.3) is 0 Å². The molecule has 88 valence electrons. The van der Waals surface area contributed by atoms with Gasteiger partial charge in [-0.15, -0.1) is 0 Å². The lowest BCUT2D eigenvalue weighted by Crippen LogP contribution is -2.11. The van der Waals surface area contributed by atoms with E-state index in [9.17, 15) is 4.79 Å². The minimum Gasteiger partial charge on any atom is -0.325 e. The van der Waals surface area contributed by atoms with Crippen molar-refractivity contribution in [2.45, 2.75) is 26.2 Å². The van der Waals surface area contributed by atoms with E-state index in [-0.39, 0.29) is 5.91 Å². The first kappa shape index (κ1) is 13.5. The van der Waals surface area contributed by atoms with Crippen LogP contribution in [0.15, 0.2) is 18.2 Å². The molecule has 0 aliphatic carbocycles. The summed E-state index contributed by atoms with van der Waals surface area (Å²) in [5, 5.41) is 4.34. The van der Waals surface area contributed by atoms with E-state index >= 15 is 0 Å². The van der Waals surface area contributed by atoms with Crippen LogP contribution in [0.1, 0.15) is 24.8 Å². The lowest BCUT2D eigenvalue weighted by molar-refractivity contribution is -0.116. The third kappa shape index (κ3) is 4.54. The van der Waals surface area contributed by atoms with Gasteiger partial charge in [0.05, 0.1) is 10.7 Å². The lowest BCUT2D eigenvalue weighted by atomic mass is 10.2. The molecule has 16 heavy (non-hydrogen) atoms. The van der Waals surface area contributed by atoms with Gasteiger partial charge in [0.15, 0.2) is 0 Å². The van der Waals surface area contributed by atoms with Crippen molar-refractivity contribution < 1.29 is 4.79 Å². The van der Waals surface area contributed by atoms with Crippen molar-refractivity contribution >= 4 is 39.1 Å². The van der Waals surface area contributed by atoms with Gasteiger partial charge in [-0.1, -0.05) is 33.6 Å². The van der Waals surface area contributed by atoms with Gasteiger partial charge in [0, 0.05) is 11.8 Å². The summed E-state index contributed by atoms with van der Waals surface area (Å²) in [6.07, 6.45) is 2.44. The van der Waals surface area contributed by atoms with E-state index in [0.717, 1.165) is 23.7 Å². The van der Waals surface area contributed by atoms with E-state index in [1.54, 1.807) is 6.07 Å². The predicted molar refractivity (Wildman–Crippen MR) is 72.5 cm³/mol. The Morgan fingerprint density at radius 3 is 2.88 bits per heavy atom. The van der Waals surface area contributed by atoms with Crippen molar-refractivity contribution in [2.24, 2.45) is 0 Å². The number of amides is 1. The highest BCUT2D eigenvalue weighted by molar-refractivity contribution is 9.09. The molecular weight excluding hydrogens is 289 g/mol. The smallest absolute Gasteiger partial charge is 0.224 e. The molecule has 0 aliphatic heterocycles. The zero-order valence-electron chi connectivity index (χ0n) is 9.22. The van der Waals surface area contributed by atoms with Gasteiger partial charge < -0.3 is 5.32 Å². The van der Waals surface area contributed by atoms with Gasteiger partial charge in [-0.05, 0) is 37.5 Å². The van der Waals surface area contributed by atoms with E-state index in [0.29, 0.717) is 17.1 Å². The van der Waals surface area contributed by atoms with Crippen molar-refractivity contribution in [2.75, 3.05) is 10.6 Å². The van der Waals surface area contributed by atoms with Crippen molar-refractivity contribution in [3.05, 3.63) is 28.8 Å². The number of anilines is 1. The fourth-order valence-electron chi connectivity index (χ4n) is 1.33. The molecule has 1 N–H and O–H groups in total. The molecule has 2 nitrogen and oxygen atoms in total. The first-order valence-electron chi connectivity index (χ1n) is 5.25. The summed E-state index contributed by atoms with van der Waals surface area (Å²) < 4.78 is 0. The molecule has 0 aliphatic rings. The van der Waals surface area contributed by atoms with E-state index in [1.165, 1.54) is 0 Å². The first-order valence-corrected chi connectivity index (χ1v) is 6.75. The van der Waals surface area contributed by atoms with Crippen molar-refractivity contribution in [3.63, 3.8) is 0 Å². The Hall–Kier alpha value is -0.540. The number of hydrogen-bond donors (Lipinski definition) is 1. The van der Waals surface area contributed by atoms with Crippen LogP contribution in [0, 0.1) is 6.92 Å². The summed E-state index contributed by atoms with van der Waals surface area (Å²) in [4.78, 5) is 11.6. The molecule has 0 unspecified atom stereocenters. The van der Waals surface area contributed by atoms with E-state index in [2.05, 4.69) is 21.2 Å². The molecule has 1 rings (SSSR count). The number of halogens is 2. The van der Waals surface area contributed by atoms with Crippen LogP contribution in [-0.4, -0.2) is 11.2 Å². The lowest BCUT2D eigenvalue weighted by Gasteiger charge is -2.07. The second kappa shape index (κ2) is 6.92. The third-order valence-electron chi connectivity index (χ3n) is 2.18. The van der Waals surface area contributed by atoms with Crippen LogP contribution in [0.2, 0.25) is 5.02 Å². The molecule has 0 spiro atoms. The number of hydrogen-bond acceptors (Lipinski definition) is 1. The average Bonchev–Trinajstić information content (AvgIpc) is 2.24. The van der Waals surface area contributed by atoms with Gasteiger partial charge in [-0.25, -0.2) is 0 Å². The van der Waals surface area contributed by atoms with E-state index in [4.69, 9.17) is 11.6 Å². The molecule has 0 fully saturated rings. The highest BCUT2D eigenvalue weighted by Crippen LogP contribution is 2.22. The minimum absolute atomic E-state index is 0.0217. The number of benzene rings is 1. The molecule has 0 atom stereocenters. The third-order valence-corrected chi connectivity index (χ3v) is 3.07. The number of carbonyl (C=O) groups is 1. The Bertz CT molecular complexity index is 368. The summed E-state index contributed by atoms with van der Waals surface area (Å²) in [7, 11) is 0. The molecule has 0 radical (unpaired) electrons. The van der Waals surface area contributed by atoms with Crippen LogP contribution >= 0.6 is 27.5 Å². The quantitative estimate of drug-likeness (QED) is 0.642. The molecule has 1 amide bonds. The van der Waals surface area contributed by atoms with Gasteiger partial charge in [-0.2, -0.15) is 0 Å². The number of rotatable bonds is 5. The largest absolute Gasteiger partial charge is 0.325 e. The number of carbonyl (C=O) groups excluding carboxylic acids is 1. The van der Waals surface area contributed by atoms with E-state index in [1.807, 2.05) is 19.1 Å². The van der Waals surface area contributed by atoms with Gasteiger partial charge in [0.2, 0.25) is 5.91 Å². The zero-order chi connectivity index (χ0) is 12.0. The minimum atomic E-state index is 0.0217.